The van der Waals surface area contributed by atoms with Crippen LogP contribution in [0.2, 0.25) is 0 Å². The highest BCUT2D eigenvalue weighted by Crippen LogP contribution is 2.39. The van der Waals surface area contributed by atoms with Crippen LogP contribution >= 0.6 is 0 Å². The molecule has 1 atom stereocenters. The molecule has 1 amide bonds. The van der Waals surface area contributed by atoms with Crippen LogP contribution in [0.25, 0.3) is 0 Å². The molecule has 0 radical (unpaired) electrons. The molecule has 1 aromatic rings. The van der Waals surface area contributed by atoms with Crippen molar-refractivity contribution in [3.05, 3.63) is 17.5 Å². The van der Waals surface area contributed by atoms with Gasteiger partial charge in [0, 0.05) is 43.0 Å². The third-order valence-electron chi connectivity index (χ3n) is 5.41. The van der Waals surface area contributed by atoms with E-state index in [0.717, 1.165) is 62.7 Å². The first kappa shape index (κ1) is 22.9. The van der Waals surface area contributed by atoms with Crippen molar-refractivity contribution in [2.24, 2.45) is 0 Å². The van der Waals surface area contributed by atoms with Gasteiger partial charge in [-0.05, 0) is 52.5 Å². The molecule has 29 heavy (non-hydrogen) atoms. The lowest BCUT2D eigenvalue weighted by Gasteiger charge is -2.37. The van der Waals surface area contributed by atoms with Gasteiger partial charge in [-0.1, -0.05) is 0 Å². The Morgan fingerprint density at radius 2 is 1.76 bits per heavy atom. The largest absolute Gasteiger partial charge is 0.490 e. The van der Waals surface area contributed by atoms with Gasteiger partial charge in [0.1, 0.15) is 0 Å². The fourth-order valence-electron chi connectivity index (χ4n) is 4.13. The van der Waals surface area contributed by atoms with Crippen LogP contribution in [0.3, 0.4) is 0 Å². The number of aryl methyl sites for hydroxylation is 2. The van der Waals surface area contributed by atoms with Gasteiger partial charge >= 0.3 is 12.1 Å². The summed E-state index contributed by atoms with van der Waals surface area (Å²) in [6.45, 7) is 8.89. The summed E-state index contributed by atoms with van der Waals surface area (Å²) in [5.74, 6) is -1.58. The van der Waals surface area contributed by atoms with Crippen LogP contribution in [0.15, 0.2) is 6.07 Å². The zero-order chi connectivity index (χ0) is 21.8. The molecule has 2 aliphatic rings. The number of anilines is 1. The summed E-state index contributed by atoms with van der Waals surface area (Å²) in [6.07, 6.45) is -0.119. The third-order valence-corrected chi connectivity index (χ3v) is 5.41. The van der Waals surface area contributed by atoms with E-state index in [1.54, 1.807) is 0 Å². The number of aromatic nitrogens is 2. The van der Waals surface area contributed by atoms with E-state index in [-0.39, 0.29) is 5.54 Å². The van der Waals surface area contributed by atoms with Crippen molar-refractivity contribution >= 4 is 17.8 Å². The van der Waals surface area contributed by atoms with Crippen LogP contribution in [-0.2, 0) is 9.59 Å². The molecule has 0 aromatic carbocycles. The summed E-state index contributed by atoms with van der Waals surface area (Å²) in [5, 5.41) is 7.12. The molecule has 0 bridgehead atoms. The van der Waals surface area contributed by atoms with Crippen molar-refractivity contribution in [1.29, 1.82) is 0 Å². The van der Waals surface area contributed by atoms with Crippen LogP contribution < -0.4 is 4.90 Å². The minimum Gasteiger partial charge on any atom is -0.475 e. The summed E-state index contributed by atoms with van der Waals surface area (Å²) in [6, 6.07) is 2.01. The molecule has 0 aliphatic carbocycles. The van der Waals surface area contributed by atoms with E-state index in [1.807, 2.05) is 19.9 Å². The molecule has 1 unspecified atom stereocenters. The van der Waals surface area contributed by atoms with Gasteiger partial charge in [0.2, 0.25) is 11.9 Å². The quantitative estimate of drug-likeness (QED) is 0.797. The minimum absolute atomic E-state index is 0.0828. The molecular formula is C19H27F3N4O3. The Morgan fingerprint density at radius 3 is 2.28 bits per heavy atom. The number of rotatable bonds is 2. The number of halogens is 3. The normalized spacial score (nSPS) is 22.3. The van der Waals surface area contributed by atoms with Gasteiger partial charge in [-0.2, -0.15) is 13.2 Å². The van der Waals surface area contributed by atoms with Gasteiger partial charge in [0.25, 0.3) is 0 Å². The first-order valence-corrected chi connectivity index (χ1v) is 9.66. The van der Waals surface area contributed by atoms with Gasteiger partial charge in [-0.25, -0.2) is 14.8 Å². The smallest absolute Gasteiger partial charge is 0.475 e. The van der Waals surface area contributed by atoms with E-state index in [0.29, 0.717) is 12.3 Å². The zero-order valence-corrected chi connectivity index (χ0v) is 16.9. The van der Waals surface area contributed by atoms with E-state index in [1.165, 1.54) is 0 Å². The van der Waals surface area contributed by atoms with E-state index < -0.39 is 12.1 Å². The van der Waals surface area contributed by atoms with Gasteiger partial charge < -0.3 is 14.9 Å². The number of carboxylic acid groups (broad SMARTS) is 1. The Hall–Kier alpha value is -2.39. The molecule has 2 aliphatic heterocycles. The first-order chi connectivity index (χ1) is 13.5. The van der Waals surface area contributed by atoms with Crippen molar-refractivity contribution < 1.29 is 27.9 Å². The fraction of sp³-hybridized carbons (Fsp3) is 0.684. The lowest BCUT2D eigenvalue weighted by molar-refractivity contribution is -0.192. The monoisotopic (exact) mass is 416 g/mol. The predicted molar refractivity (Wildman–Crippen MR) is 101 cm³/mol. The lowest BCUT2D eigenvalue weighted by atomic mass is 9.88. The van der Waals surface area contributed by atoms with Gasteiger partial charge in [-0.15, -0.1) is 0 Å². The Balaban J connectivity index is 0.000000370. The van der Waals surface area contributed by atoms with Gasteiger partial charge in [-0.3, -0.25) is 4.79 Å². The summed E-state index contributed by atoms with van der Waals surface area (Å²) in [4.78, 5) is 34.6. The molecule has 7 nitrogen and oxygen atoms in total. The number of alkyl halides is 3. The summed E-state index contributed by atoms with van der Waals surface area (Å²) < 4.78 is 31.7. The number of hydrogen-bond acceptors (Lipinski definition) is 5. The number of carboxylic acids is 1. The third kappa shape index (κ3) is 5.57. The maximum absolute atomic E-state index is 12.1. The average Bonchev–Trinajstić information content (AvgIpc) is 2.78. The van der Waals surface area contributed by atoms with Crippen LogP contribution in [0, 0.1) is 13.8 Å². The minimum atomic E-state index is -5.08. The molecule has 1 aromatic heterocycles. The summed E-state index contributed by atoms with van der Waals surface area (Å²) >= 11 is 0. The second kappa shape index (κ2) is 8.96. The summed E-state index contributed by atoms with van der Waals surface area (Å²) in [7, 11) is 0. The number of amides is 1. The average molecular weight is 416 g/mol. The molecule has 3 rings (SSSR count). The highest BCUT2D eigenvalue weighted by Gasteiger charge is 2.45. The van der Waals surface area contributed by atoms with Crippen molar-refractivity contribution in [2.45, 2.75) is 64.6 Å². The highest BCUT2D eigenvalue weighted by molar-refractivity contribution is 5.79. The molecule has 3 heterocycles. The molecule has 2 fully saturated rings. The number of hydrogen-bond donors (Lipinski definition) is 1. The Morgan fingerprint density at radius 1 is 1.17 bits per heavy atom. The second-order valence-corrected chi connectivity index (χ2v) is 7.46. The van der Waals surface area contributed by atoms with E-state index in [2.05, 4.69) is 26.7 Å². The lowest BCUT2D eigenvalue weighted by Crippen LogP contribution is -2.46. The highest BCUT2D eigenvalue weighted by atomic mass is 19.4. The van der Waals surface area contributed by atoms with Crippen molar-refractivity contribution in [1.82, 2.24) is 14.9 Å². The molecule has 10 heteroatoms. The standard InChI is InChI=1S/C17H26N4O.C2HF3O2/c1-4-21-15(22)6-8-17(21)7-5-10-20(11-9-17)16-18-13(2)12-14(3)19-16;3-2(4,5)1(6)7/h12H,4-11H2,1-3H3;(H,6,7). The predicted octanol–water partition coefficient (Wildman–Crippen LogP) is 3.10. The molecule has 162 valence electrons. The van der Waals surface area contributed by atoms with Crippen molar-refractivity contribution in [3.63, 3.8) is 0 Å². The number of likely N-dealkylation sites (tertiary alicyclic amines) is 1. The number of nitrogens with zero attached hydrogens (tertiary/aromatic N) is 4. The van der Waals surface area contributed by atoms with Crippen LogP contribution in [-0.4, -0.2) is 63.2 Å². The van der Waals surface area contributed by atoms with Crippen LogP contribution in [0.4, 0.5) is 19.1 Å². The fourth-order valence-corrected chi connectivity index (χ4v) is 4.13. The van der Waals surface area contributed by atoms with Gasteiger partial charge in [0.15, 0.2) is 0 Å². The number of carbonyl (C=O) groups excluding carboxylic acids is 1. The molecule has 2 saturated heterocycles. The zero-order valence-electron chi connectivity index (χ0n) is 16.9. The van der Waals surface area contributed by atoms with Crippen LogP contribution in [0.5, 0.6) is 0 Å². The maximum Gasteiger partial charge on any atom is 0.490 e. The SMILES string of the molecule is CCN1C(=O)CCC12CCCN(c1nc(C)cc(C)n1)CC2.O=C(O)C(F)(F)F. The number of aliphatic carboxylic acids is 1. The topological polar surface area (TPSA) is 86.6 Å². The van der Waals surface area contributed by atoms with E-state index in [4.69, 9.17) is 9.90 Å². The van der Waals surface area contributed by atoms with Crippen LogP contribution in [0.1, 0.15) is 50.4 Å². The number of carbonyl (C=O) groups is 2. The van der Waals surface area contributed by atoms with Gasteiger partial charge in [0.05, 0.1) is 0 Å². The first-order valence-electron chi connectivity index (χ1n) is 9.66. The maximum atomic E-state index is 12.1. The second-order valence-electron chi connectivity index (χ2n) is 7.46. The van der Waals surface area contributed by atoms with Crippen molar-refractivity contribution in [3.8, 4) is 0 Å². The molecular weight excluding hydrogens is 389 g/mol. The molecule has 1 N–H and O–H groups in total. The van der Waals surface area contributed by atoms with E-state index in [9.17, 15) is 18.0 Å². The Kier molecular flexibility index (Phi) is 7.07. The summed E-state index contributed by atoms with van der Waals surface area (Å²) in [5.41, 5.74) is 2.12. The Labute approximate surface area is 167 Å². The van der Waals surface area contributed by atoms with Crippen molar-refractivity contribution in [2.75, 3.05) is 24.5 Å². The Bertz CT molecular complexity index is 736. The molecule has 0 saturated carbocycles. The molecule has 1 spiro atoms. The van der Waals surface area contributed by atoms with E-state index >= 15 is 0 Å².